The molecule has 3 unspecified atom stereocenters. The largest absolute Gasteiger partial charge is 0.508 e. The van der Waals surface area contributed by atoms with E-state index in [0.29, 0.717) is 6.42 Å². The molecule has 10 nitrogen and oxygen atoms in total. The van der Waals surface area contributed by atoms with E-state index in [4.69, 9.17) is 10.5 Å². The van der Waals surface area contributed by atoms with E-state index in [9.17, 15) is 24.3 Å². The molecule has 0 aliphatic heterocycles. The average Bonchev–Trinajstić information content (AvgIpc) is 2.68. The van der Waals surface area contributed by atoms with E-state index < -0.39 is 54.0 Å². The number of nitrogens with two attached hydrogens (primary N) is 1. The number of phenols is 1. The van der Waals surface area contributed by atoms with Crippen LogP contribution in [0.2, 0.25) is 0 Å². The number of nitrogens with zero attached hydrogens (tertiary/aromatic N) is 1. The minimum absolute atomic E-state index is 0.168. The summed E-state index contributed by atoms with van der Waals surface area (Å²) in [6.45, 7) is 12.1. The highest BCUT2D eigenvalue weighted by atomic mass is 16.6. The number of phenolic OH excluding ortho intramolecular Hbond substituents is 1. The lowest BCUT2D eigenvalue weighted by molar-refractivity contribution is -0.146. The molecule has 190 valence electrons. The van der Waals surface area contributed by atoms with Crippen LogP contribution in [0.4, 0.5) is 4.79 Å². The molecule has 1 aromatic rings. The molecule has 0 spiro atoms. The molecule has 10 heteroatoms. The number of para-hydroxylation sites is 1. The Labute approximate surface area is 201 Å². The van der Waals surface area contributed by atoms with Crippen molar-refractivity contribution in [2.24, 2.45) is 5.73 Å². The van der Waals surface area contributed by atoms with Crippen LogP contribution in [0.25, 0.3) is 0 Å². The first-order chi connectivity index (χ1) is 15.7. The molecule has 0 aromatic heterocycles. The number of ether oxygens (including phenoxy) is 1. The highest BCUT2D eigenvalue weighted by molar-refractivity contribution is 5.95. The van der Waals surface area contributed by atoms with Crippen LogP contribution in [-0.2, 0) is 19.1 Å². The van der Waals surface area contributed by atoms with Gasteiger partial charge in [-0.15, -0.1) is 0 Å². The lowest BCUT2D eigenvalue weighted by Gasteiger charge is -2.38. The molecule has 1 rings (SSSR count). The Bertz CT molecular complexity index is 880. The van der Waals surface area contributed by atoms with Crippen LogP contribution in [0.3, 0.4) is 0 Å². The van der Waals surface area contributed by atoms with Crippen molar-refractivity contribution in [2.75, 3.05) is 0 Å². The van der Waals surface area contributed by atoms with E-state index in [-0.39, 0.29) is 17.4 Å². The predicted octanol–water partition coefficient (Wildman–Crippen LogP) is 2.35. The molecule has 0 radical (unpaired) electrons. The molecule has 0 bridgehead atoms. The maximum absolute atomic E-state index is 13.8. The number of hydrogen-bond acceptors (Lipinski definition) is 6. The maximum Gasteiger partial charge on any atom is 0.408 e. The number of aromatic hydroxyl groups is 1. The van der Waals surface area contributed by atoms with Crippen molar-refractivity contribution in [2.45, 2.75) is 91.1 Å². The molecule has 0 aliphatic rings. The second kappa shape index (κ2) is 12.2. The van der Waals surface area contributed by atoms with Gasteiger partial charge in [0.1, 0.15) is 23.4 Å². The number of hydrogen-bond donors (Lipinski definition) is 4. The summed E-state index contributed by atoms with van der Waals surface area (Å²) in [6, 6.07) is 2.89. The molecule has 3 atom stereocenters. The number of carbonyl (C=O) groups is 4. The highest BCUT2D eigenvalue weighted by Crippen LogP contribution is 2.32. The lowest BCUT2D eigenvalue weighted by atomic mass is 9.98. The zero-order valence-electron chi connectivity index (χ0n) is 21.0. The van der Waals surface area contributed by atoms with E-state index in [1.54, 1.807) is 59.7 Å². The summed E-state index contributed by atoms with van der Waals surface area (Å²) in [5, 5.41) is 15.7. The van der Waals surface area contributed by atoms with Gasteiger partial charge >= 0.3 is 6.09 Å². The first-order valence-electron chi connectivity index (χ1n) is 11.4. The zero-order valence-corrected chi connectivity index (χ0v) is 21.0. The second-order valence-electron chi connectivity index (χ2n) is 9.50. The van der Waals surface area contributed by atoms with E-state index in [1.165, 1.54) is 11.0 Å². The predicted molar refractivity (Wildman–Crippen MR) is 128 cm³/mol. The smallest absolute Gasteiger partial charge is 0.408 e. The molecule has 0 aliphatic carbocycles. The van der Waals surface area contributed by atoms with Gasteiger partial charge in [0.2, 0.25) is 17.7 Å². The lowest BCUT2D eigenvalue weighted by Crippen LogP contribution is -2.56. The van der Waals surface area contributed by atoms with Crippen molar-refractivity contribution in [1.82, 2.24) is 15.5 Å². The van der Waals surface area contributed by atoms with Crippen LogP contribution in [0.1, 0.15) is 72.9 Å². The van der Waals surface area contributed by atoms with Crippen LogP contribution in [-0.4, -0.2) is 57.5 Å². The van der Waals surface area contributed by atoms with Crippen molar-refractivity contribution in [3.8, 4) is 5.75 Å². The SMILES string of the molecule is CCC(C)N(C(=O)C(CC(N)=O)NC(=O)OC(C)(C)C)C(C(=O)NC(C)C)c1ccccc1O. The summed E-state index contributed by atoms with van der Waals surface area (Å²) in [6.07, 6.45) is -0.938. The van der Waals surface area contributed by atoms with E-state index >= 15 is 0 Å². The Balaban J connectivity index is 3.55. The third kappa shape index (κ3) is 8.57. The van der Waals surface area contributed by atoms with E-state index in [2.05, 4.69) is 10.6 Å². The molecule has 0 saturated carbocycles. The van der Waals surface area contributed by atoms with Crippen molar-refractivity contribution in [3.63, 3.8) is 0 Å². The normalized spacial score (nSPS) is 14.0. The van der Waals surface area contributed by atoms with Gasteiger partial charge in [0.05, 0.1) is 6.42 Å². The Morgan fingerprint density at radius 1 is 1.09 bits per heavy atom. The summed E-state index contributed by atoms with van der Waals surface area (Å²) >= 11 is 0. The van der Waals surface area contributed by atoms with Gasteiger partial charge in [-0.2, -0.15) is 0 Å². The average molecular weight is 479 g/mol. The Morgan fingerprint density at radius 3 is 2.15 bits per heavy atom. The maximum atomic E-state index is 13.8. The third-order valence-corrected chi connectivity index (χ3v) is 4.90. The molecule has 4 amide bonds. The van der Waals surface area contributed by atoms with Crippen LogP contribution in [0.5, 0.6) is 5.75 Å². The summed E-state index contributed by atoms with van der Waals surface area (Å²) in [5.74, 6) is -2.20. The third-order valence-electron chi connectivity index (χ3n) is 4.90. The van der Waals surface area contributed by atoms with Crippen LogP contribution in [0.15, 0.2) is 24.3 Å². The molecule has 0 heterocycles. The van der Waals surface area contributed by atoms with Crippen molar-refractivity contribution < 1.29 is 29.0 Å². The molecule has 5 N–H and O–H groups in total. The number of benzene rings is 1. The van der Waals surface area contributed by atoms with Gasteiger partial charge < -0.3 is 31.1 Å². The van der Waals surface area contributed by atoms with Crippen molar-refractivity contribution >= 4 is 23.8 Å². The number of rotatable bonds is 10. The molecule has 0 fully saturated rings. The van der Waals surface area contributed by atoms with Gasteiger partial charge in [0, 0.05) is 17.6 Å². The van der Waals surface area contributed by atoms with Gasteiger partial charge in [-0.05, 0) is 54.0 Å². The first-order valence-corrected chi connectivity index (χ1v) is 11.4. The highest BCUT2D eigenvalue weighted by Gasteiger charge is 2.40. The minimum atomic E-state index is -1.37. The number of primary amides is 1. The molecular weight excluding hydrogens is 440 g/mol. The van der Waals surface area contributed by atoms with Gasteiger partial charge in [-0.25, -0.2) is 4.79 Å². The van der Waals surface area contributed by atoms with Gasteiger partial charge in [0.15, 0.2) is 0 Å². The monoisotopic (exact) mass is 478 g/mol. The van der Waals surface area contributed by atoms with Gasteiger partial charge in [0.25, 0.3) is 0 Å². The van der Waals surface area contributed by atoms with Crippen molar-refractivity contribution in [1.29, 1.82) is 0 Å². The molecule has 1 aromatic carbocycles. The molecule has 0 saturated heterocycles. The Hall–Kier alpha value is -3.30. The second-order valence-corrected chi connectivity index (χ2v) is 9.50. The zero-order chi connectivity index (χ0) is 26.2. The Kier molecular flexibility index (Phi) is 10.3. The summed E-state index contributed by atoms with van der Waals surface area (Å²) < 4.78 is 5.24. The minimum Gasteiger partial charge on any atom is -0.508 e. The summed E-state index contributed by atoms with van der Waals surface area (Å²) in [4.78, 5) is 52.5. The van der Waals surface area contributed by atoms with Crippen LogP contribution >= 0.6 is 0 Å². The fourth-order valence-electron chi connectivity index (χ4n) is 3.33. The summed E-state index contributed by atoms with van der Waals surface area (Å²) in [5.41, 5.74) is 4.73. The fourth-order valence-corrected chi connectivity index (χ4v) is 3.33. The summed E-state index contributed by atoms with van der Waals surface area (Å²) in [7, 11) is 0. The van der Waals surface area contributed by atoms with Gasteiger partial charge in [-0.3, -0.25) is 14.4 Å². The van der Waals surface area contributed by atoms with Crippen molar-refractivity contribution in [3.05, 3.63) is 29.8 Å². The fraction of sp³-hybridized carbons (Fsp3) is 0.583. The van der Waals surface area contributed by atoms with E-state index in [0.717, 1.165) is 0 Å². The van der Waals surface area contributed by atoms with Gasteiger partial charge in [-0.1, -0.05) is 25.1 Å². The van der Waals surface area contributed by atoms with Crippen LogP contribution in [0, 0.1) is 0 Å². The molecular formula is C24H38N4O6. The Morgan fingerprint density at radius 2 is 1.68 bits per heavy atom. The number of alkyl carbamates (subject to hydrolysis) is 1. The molecule has 34 heavy (non-hydrogen) atoms. The number of carbonyl (C=O) groups excluding carboxylic acids is 4. The first kappa shape index (κ1) is 28.7. The quantitative estimate of drug-likeness (QED) is 0.405. The van der Waals surface area contributed by atoms with Crippen LogP contribution < -0.4 is 16.4 Å². The topological polar surface area (TPSA) is 151 Å². The standard InChI is InChI=1S/C24H38N4O6/c1-8-15(4)28(20(21(31)26-14(2)3)16-11-9-10-12-18(16)29)22(32)17(13-19(25)30)27-23(33)34-24(5,6)7/h9-12,14-15,17,20,29H,8,13H2,1-7H3,(H2,25,30)(H,26,31)(H,27,33). The number of amides is 4. The number of nitrogens with one attached hydrogen (secondary N) is 2. The van der Waals surface area contributed by atoms with E-state index in [1.807, 2.05) is 6.92 Å².